The number of hydrogen-bond acceptors (Lipinski definition) is 5. The van der Waals surface area contributed by atoms with Crippen molar-refractivity contribution in [2.45, 2.75) is 33.6 Å². The van der Waals surface area contributed by atoms with Crippen LogP contribution in [0.4, 0.5) is 17.5 Å². The lowest BCUT2D eigenvalue weighted by atomic mass is 10.1. The van der Waals surface area contributed by atoms with Crippen LogP contribution in [0.25, 0.3) is 0 Å². The highest BCUT2D eigenvalue weighted by Gasteiger charge is 2.15. The SMILES string of the molecule is Cc1cc(C)c(Nc2nncc(N3CCCC3)n2)c(C)c1. The van der Waals surface area contributed by atoms with Crippen LogP contribution >= 0.6 is 0 Å². The molecule has 3 rings (SSSR count). The van der Waals surface area contributed by atoms with Crippen LogP contribution in [0.2, 0.25) is 0 Å². The smallest absolute Gasteiger partial charge is 0.249 e. The van der Waals surface area contributed by atoms with E-state index in [-0.39, 0.29) is 0 Å². The molecule has 1 aromatic carbocycles. The summed E-state index contributed by atoms with van der Waals surface area (Å²) in [5.74, 6) is 1.47. The minimum absolute atomic E-state index is 0.564. The van der Waals surface area contributed by atoms with Gasteiger partial charge >= 0.3 is 0 Å². The standard InChI is InChI=1S/C16H21N5/c1-11-8-12(2)15(13(3)9-11)19-16-18-14(10-17-20-16)21-6-4-5-7-21/h8-10H,4-7H2,1-3H3,(H,18,19,20). The Labute approximate surface area is 125 Å². The van der Waals surface area contributed by atoms with E-state index in [0.717, 1.165) is 24.6 Å². The Balaban J connectivity index is 1.86. The van der Waals surface area contributed by atoms with Crippen molar-refractivity contribution in [3.8, 4) is 0 Å². The van der Waals surface area contributed by atoms with Gasteiger partial charge in [0, 0.05) is 18.8 Å². The van der Waals surface area contributed by atoms with E-state index in [9.17, 15) is 0 Å². The van der Waals surface area contributed by atoms with Crippen molar-refractivity contribution in [2.24, 2.45) is 0 Å². The molecule has 110 valence electrons. The number of hydrogen-bond donors (Lipinski definition) is 1. The molecular formula is C16H21N5. The summed E-state index contributed by atoms with van der Waals surface area (Å²) < 4.78 is 0. The van der Waals surface area contributed by atoms with E-state index in [2.05, 4.69) is 58.3 Å². The maximum absolute atomic E-state index is 4.60. The number of nitrogens with one attached hydrogen (secondary N) is 1. The Morgan fingerprint density at radius 3 is 2.38 bits per heavy atom. The zero-order valence-corrected chi connectivity index (χ0v) is 12.8. The number of aromatic nitrogens is 3. The number of rotatable bonds is 3. The molecule has 1 fully saturated rings. The van der Waals surface area contributed by atoms with Gasteiger partial charge in [0.15, 0.2) is 5.82 Å². The molecule has 0 unspecified atom stereocenters. The highest BCUT2D eigenvalue weighted by Crippen LogP contribution is 2.25. The highest BCUT2D eigenvalue weighted by atomic mass is 15.3. The predicted octanol–water partition coefficient (Wildman–Crippen LogP) is 3.14. The molecule has 2 heterocycles. The van der Waals surface area contributed by atoms with E-state index >= 15 is 0 Å². The third kappa shape index (κ3) is 2.96. The molecule has 0 spiro atoms. The van der Waals surface area contributed by atoms with Crippen LogP contribution in [0, 0.1) is 20.8 Å². The third-order valence-corrected chi connectivity index (χ3v) is 3.89. The molecule has 0 radical (unpaired) electrons. The van der Waals surface area contributed by atoms with E-state index in [1.807, 2.05) is 0 Å². The molecule has 1 saturated heterocycles. The number of benzene rings is 1. The normalized spacial score (nSPS) is 14.5. The molecule has 21 heavy (non-hydrogen) atoms. The molecule has 2 aromatic rings. The van der Waals surface area contributed by atoms with Gasteiger partial charge in [0.05, 0.1) is 6.20 Å². The van der Waals surface area contributed by atoms with E-state index in [0.29, 0.717) is 5.95 Å². The first-order chi connectivity index (χ1) is 10.1. The molecule has 0 amide bonds. The van der Waals surface area contributed by atoms with Crippen LogP contribution < -0.4 is 10.2 Å². The van der Waals surface area contributed by atoms with E-state index in [4.69, 9.17) is 0 Å². The largest absolute Gasteiger partial charge is 0.355 e. The summed E-state index contributed by atoms with van der Waals surface area (Å²) in [6.45, 7) is 8.41. The average Bonchev–Trinajstić information content (AvgIpc) is 2.97. The Kier molecular flexibility index (Phi) is 3.73. The quantitative estimate of drug-likeness (QED) is 0.938. The fourth-order valence-corrected chi connectivity index (χ4v) is 2.94. The molecule has 1 aromatic heterocycles. The fraction of sp³-hybridized carbons (Fsp3) is 0.438. The summed E-state index contributed by atoms with van der Waals surface area (Å²) in [5, 5.41) is 11.5. The molecule has 0 saturated carbocycles. The number of anilines is 3. The molecule has 0 aliphatic carbocycles. The van der Waals surface area contributed by atoms with Gasteiger partial charge in [0.1, 0.15) is 0 Å². The molecule has 5 heteroatoms. The van der Waals surface area contributed by atoms with Crippen LogP contribution in [0.15, 0.2) is 18.3 Å². The molecule has 1 aliphatic heterocycles. The monoisotopic (exact) mass is 283 g/mol. The van der Waals surface area contributed by atoms with Crippen LogP contribution in [-0.2, 0) is 0 Å². The Hall–Kier alpha value is -2.17. The van der Waals surface area contributed by atoms with Gasteiger partial charge in [-0.3, -0.25) is 0 Å². The van der Waals surface area contributed by atoms with Crippen molar-refractivity contribution in [1.82, 2.24) is 15.2 Å². The van der Waals surface area contributed by atoms with Gasteiger partial charge in [0.25, 0.3) is 0 Å². The minimum Gasteiger partial charge on any atom is -0.355 e. The molecular weight excluding hydrogens is 262 g/mol. The third-order valence-electron chi connectivity index (χ3n) is 3.89. The molecule has 0 bridgehead atoms. The lowest BCUT2D eigenvalue weighted by molar-refractivity contribution is 0.890. The van der Waals surface area contributed by atoms with Crippen molar-refractivity contribution in [1.29, 1.82) is 0 Å². The van der Waals surface area contributed by atoms with Crippen LogP contribution in [0.3, 0.4) is 0 Å². The van der Waals surface area contributed by atoms with Crippen LogP contribution in [-0.4, -0.2) is 28.3 Å². The zero-order valence-electron chi connectivity index (χ0n) is 12.8. The maximum atomic E-state index is 4.60. The van der Waals surface area contributed by atoms with E-state index in [1.54, 1.807) is 6.20 Å². The van der Waals surface area contributed by atoms with Gasteiger partial charge in [0.2, 0.25) is 5.95 Å². The topological polar surface area (TPSA) is 53.9 Å². The van der Waals surface area contributed by atoms with Gasteiger partial charge < -0.3 is 10.2 Å². The van der Waals surface area contributed by atoms with Gasteiger partial charge in [-0.1, -0.05) is 17.7 Å². The van der Waals surface area contributed by atoms with Crippen LogP contribution in [0.1, 0.15) is 29.5 Å². The number of aryl methyl sites for hydroxylation is 3. The summed E-state index contributed by atoms with van der Waals surface area (Å²) in [6.07, 6.45) is 4.19. The molecule has 5 nitrogen and oxygen atoms in total. The van der Waals surface area contributed by atoms with Crippen molar-refractivity contribution < 1.29 is 0 Å². The lowest BCUT2D eigenvalue weighted by Crippen LogP contribution is -2.20. The van der Waals surface area contributed by atoms with Gasteiger partial charge in [-0.25, -0.2) is 0 Å². The number of nitrogens with zero attached hydrogens (tertiary/aromatic N) is 4. The van der Waals surface area contributed by atoms with Gasteiger partial charge in [-0.2, -0.15) is 10.1 Å². The van der Waals surface area contributed by atoms with Crippen molar-refractivity contribution in [3.63, 3.8) is 0 Å². The second-order valence-electron chi connectivity index (χ2n) is 5.73. The highest BCUT2D eigenvalue weighted by molar-refractivity contribution is 5.64. The molecule has 0 atom stereocenters. The Morgan fingerprint density at radius 2 is 1.71 bits per heavy atom. The first kappa shape index (κ1) is 13.8. The summed E-state index contributed by atoms with van der Waals surface area (Å²) >= 11 is 0. The van der Waals surface area contributed by atoms with E-state index < -0.39 is 0 Å². The Bertz CT molecular complexity index is 624. The Morgan fingerprint density at radius 1 is 1.05 bits per heavy atom. The predicted molar refractivity (Wildman–Crippen MR) is 85.2 cm³/mol. The second kappa shape index (κ2) is 5.68. The summed E-state index contributed by atoms with van der Waals surface area (Å²) in [4.78, 5) is 6.85. The first-order valence-electron chi connectivity index (χ1n) is 7.43. The van der Waals surface area contributed by atoms with Gasteiger partial charge in [-0.05, 0) is 44.7 Å². The summed E-state index contributed by atoms with van der Waals surface area (Å²) in [6, 6.07) is 4.32. The van der Waals surface area contributed by atoms with Gasteiger partial charge in [-0.15, -0.1) is 5.10 Å². The molecule has 1 N–H and O–H groups in total. The molecule has 1 aliphatic rings. The minimum atomic E-state index is 0.564. The van der Waals surface area contributed by atoms with E-state index in [1.165, 1.54) is 29.5 Å². The summed E-state index contributed by atoms with van der Waals surface area (Å²) in [7, 11) is 0. The van der Waals surface area contributed by atoms with Crippen molar-refractivity contribution >= 4 is 17.5 Å². The average molecular weight is 283 g/mol. The summed E-state index contributed by atoms with van der Waals surface area (Å²) in [5.41, 5.74) is 4.73. The fourth-order valence-electron chi connectivity index (χ4n) is 2.94. The lowest BCUT2D eigenvalue weighted by Gasteiger charge is -2.17. The first-order valence-corrected chi connectivity index (χ1v) is 7.43. The second-order valence-corrected chi connectivity index (χ2v) is 5.73. The zero-order chi connectivity index (χ0) is 14.8. The van der Waals surface area contributed by atoms with Crippen LogP contribution in [0.5, 0.6) is 0 Å². The maximum Gasteiger partial charge on any atom is 0.249 e. The van der Waals surface area contributed by atoms with Crippen molar-refractivity contribution in [3.05, 3.63) is 35.0 Å². The van der Waals surface area contributed by atoms with Crippen molar-refractivity contribution in [2.75, 3.05) is 23.3 Å².